The van der Waals surface area contributed by atoms with Gasteiger partial charge in [0.1, 0.15) is 4.47 Å². The molecule has 2 aromatic rings. The summed E-state index contributed by atoms with van der Waals surface area (Å²) in [6.45, 7) is 6.66. The highest BCUT2D eigenvalue weighted by atomic mass is 79.9. The summed E-state index contributed by atoms with van der Waals surface area (Å²) in [5.74, 6) is -0.0230. The van der Waals surface area contributed by atoms with Crippen LogP contribution >= 0.6 is 15.9 Å². The fourth-order valence-electron chi connectivity index (χ4n) is 1.68. The highest BCUT2D eigenvalue weighted by Crippen LogP contribution is 2.33. The van der Waals surface area contributed by atoms with Crippen LogP contribution in [0.25, 0.3) is 11.3 Å². The Labute approximate surface area is 118 Å². The van der Waals surface area contributed by atoms with Crippen LogP contribution in [0.3, 0.4) is 0 Å². The van der Waals surface area contributed by atoms with Crippen molar-refractivity contribution in [3.05, 3.63) is 22.1 Å². The number of aryl methyl sites for hydroxylation is 2. The SMILES string of the molecule is CCOC(=O)c1noc(-c2cn(CC)nc2C)c1Br. The molecule has 0 atom stereocenters. The zero-order valence-electron chi connectivity index (χ0n) is 10.9. The molecule has 0 aliphatic rings. The van der Waals surface area contributed by atoms with E-state index in [9.17, 15) is 4.79 Å². The van der Waals surface area contributed by atoms with Gasteiger partial charge in [-0.3, -0.25) is 4.68 Å². The van der Waals surface area contributed by atoms with Crippen LogP contribution in [0.4, 0.5) is 0 Å². The largest absolute Gasteiger partial charge is 0.461 e. The molecule has 0 saturated heterocycles. The first-order chi connectivity index (χ1) is 9.08. The average molecular weight is 328 g/mol. The Hall–Kier alpha value is -1.63. The molecule has 0 saturated carbocycles. The predicted octanol–water partition coefficient (Wildman–Crippen LogP) is 2.81. The molecule has 0 radical (unpaired) electrons. The second kappa shape index (κ2) is 5.56. The van der Waals surface area contributed by atoms with Gasteiger partial charge in [0.15, 0.2) is 5.76 Å². The van der Waals surface area contributed by atoms with Gasteiger partial charge in [0.05, 0.1) is 17.9 Å². The highest BCUT2D eigenvalue weighted by Gasteiger charge is 2.24. The van der Waals surface area contributed by atoms with Crippen molar-refractivity contribution >= 4 is 21.9 Å². The average Bonchev–Trinajstić information content (AvgIpc) is 2.92. The van der Waals surface area contributed by atoms with Crippen molar-refractivity contribution in [2.75, 3.05) is 6.61 Å². The zero-order valence-corrected chi connectivity index (χ0v) is 12.5. The number of ether oxygens (including phenoxy) is 1. The van der Waals surface area contributed by atoms with E-state index < -0.39 is 5.97 Å². The third-order valence-electron chi connectivity index (χ3n) is 2.62. The molecule has 0 unspecified atom stereocenters. The Morgan fingerprint density at radius 2 is 2.26 bits per heavy atom. The maximum Gasteiger partial charge on any atom is 0.361 e. The number of esters is 1. The Morgan fingerprint density at radius 1 is 1.53 bits per heavy atom. The van der Waals surface area contributed by atoms with E-state index >= 15 is 0 Å². The molecule has 2 rings (SSSR count). The van der Waals surface area contributed by atoms with Crippen LogP contribution in [0.15, 0.2) is 15.2 Å². The number of hydrogen-bond acceptors (Lipinski definition) is 5. The molecule has 2 aromatic heterocycles. The van der Waals surface area contributed by atoms with Crippen molar-refractivity contribution in [1.82, 2.24) is 14.9 Å². The van der Waals surface area contributed by atoms with Gasteiger partial charge in [-0.1, -0.05) is 5.16 Å². The standard InChI is InChI=1S/C12H14BrN3O3/c1-4-16-6-8(7(3)14-16)11-9(13)10(15-19-11)12(17)18-5-2/h6H,4-5H2,1-3H3. The number of carbonyl (C=O) groups excluding carboxylic acids is 1. The highest BCUT2D eigenvalue weighted by molar-refractivity contribution is 9.10. The molecule has 0 aliphatic carbocycles. The Kier molecular flexibility index (Phi) is 4.04. The summed E-state index contributed by atoms with van der Waals surface area (Å²) in [7, 11) is 0. The van der Waals surface area contributed by atoms with Gasteiger partial charge in [0.2, 0.25) is 5.69 Å². The van der Waals surface area contributed by atoms with Crippen molar-refractivity contribution in [3.8, 4) is 11.3 Å². The van der Waals surface area contributed by atoms with Crippen LogP contribution in [-0.2, 0) is 11.3 Å². The Bertz CT molecular complexity index is 603. The van der Waals surface area contributed by atoms with Gasteiger partial charge < -0.3 is 9.26 Å². The quantitative estimate of drug-likeness (QED) is 0.807. The van der Waals surface area contributed by atoms with E-state index in [0.29, 0.717) is 16.8 Å². The molecule has 0 spiro atoms. The van der Waals surface area contributed by atoms with Gasteiger partial charge >= 0.3 is 5.97 Å². The van der Waals surface area contributed by atoms with Crippen molar-refractivity contribution in [2.45, 2.75) is 27.3 Å². The molecule has 0 aromatic carbocycles. The summed E-state index contributed by atoms with van der Waals surface area (Å²) in [4.78, 5) is 11.7. The third kappa shape index (κ3) is 2.56. The normalized spacial score (nSPS) is 10.7. The molecule has 19 heavy (non-hydrogen) atoms. The van der Waals surface area contributed by atoms with Crippen molar-refractivity contribution in [3.63, 3.8) is 0 Å². The molecular weight excluding hydrogens is 314 g/mol. The van der Waals surface area contributed by atoms with Gasteiger partial charge in [-0.05, 0) is 36.7 Å². The van der Waals surface area contributed by atoms with Crippen molar-refractivity contribution in [2.24, 2.45) is 0 Å². The minimum atomic E-state index is -0.509. The van der Waals surface area contributed by atoms with Crippen LogP contribution < -0.4 is 0 Å². The van der Waals surface area contributed by atoms with Gasteiger partial charge in [0, 0.05) is 12.7 Å². The lowest BCUT2D eigenvalue weighted by atomic mass is 10.2. The van der Waals surface area contributed by atoms with Crippen molar-refractivity contribution in [1.29, 1.82) is 0 Å². The second-order valence-corrected chi connectivity index (χ2v) is 4.67. The second-order valence-electron chi connectivity index (χ2n) is 3.88. The molecule has 7 heteroatoms. The molecule has 0 fully saturated rings. The predicted molar refractivity (Wildman–Crippen MR) is 71.8 cm³/mol. The van der Waals surface area contributed by atoms with Crippen LogP contribution in [0.1, 0.15) is 30.0 Å². The molecule has 2 heterocycles. The van der Waals surface area contributed by atoms with E-state index in [4.69, 9.17) is 9.26 Å². The summed E-state index contributed by atoms with van der Waals surface area (Å²) in [6.07, 6.45) is 1.86. The smallest absolute Gasteiger partial charge is 0.361 e. The van der Waals surface area contributed by atoms with Gasteiger partial charge in [-0.2, -0.15) is 5.10 Å². The molecule has 0 aliphatic heterocycles. The number of hydrogen-bond donors (Lipinski definition) is 0. The lowest BCUT2D eigenvalue weighted by molar-refractivity contribution is 0.0513. The summed E-state index contributed by atoms with van der Waals surface area (Å²) < 4.78 is 12.4. The van der Waals surface area contributed by atoms with Gasteiger partial charge in [0.25, 0.3) is 0 Å². The number of aromatic nitrogens is 3. The Morgan fingerprint density at radius 3 is 2.84 bits per heavy atom. The fourth-order valence-corrected chi connectivity index (χ4v) is 2.20. The molecule has 0 N–H and O–H groups in total. The minimum absolute atomic E-state index is 0.139. The van der Waals surface area contributed by atoms with E-state index in [1.54, 1.807) is 11.6 Å². The fraction of sp³-hybridized carbons (Fsp3) is 0.417. The van der Waals surface area contributed by atoms with Crippen LogP contribution in [0.2, 0.25) is 0 Å². The maximum absolute atomic E-state index is 11.7. The molecular formula is C12H14BrN3O3. The zero-order chi connectivity index (χ0) is 14.0. The van der Waals surface area contributed by atoms with Gasteiger partial charge in [-0.25, -0.2) is 4.79 Å². The lowest BCUT2D eigenvalue weighted by Crippen LogP contribution is -2.05. The summed E-state index contributed by atoms with van der Waals surface area (Å²) >= 11 is 3.33. The molecule has 102 valence electrons. The third-order valence-corrected chi connectivity index (χ3v) is 3.35. The minimum Gasteiger partial charge on any atom is -0.461 e. The first kappa shape index (κ1) is 13.8. The van der Waals surface area contributed by atoms with Crippen LogP contribution in [0, 0.1) is 6.92 Å². The van der Waals surface area contributed by atoms with E-state index in [0.717, 1.165) is 17.8 Å². The summed E-state index contributed by atoms with van der Waals surface area (Å²) in [5.41, 5.74) is 1.76. The van der Waals surface area contributed by atoms with E-state index in [-0.39, 0.29) is 5.69 Å². The van der Waals surface area contributed by atoms with Crippen molar-refractivity contribution < 1.29 is 14.1 Å². The summed E-state index contributed by atoms with van der Waals surface area (Å²) in [6, 6.07) is 0. The van der Waals surface area contributed by atoms with Crippen LogP contribution in [0.5, 0.6) is 0 Å². The summed E-state index contributed by atoms with van der Waals surface area (Å²) in [5, 5.41) is 8.08. The number of halogens is 1. The molecule has 0 bridgehead atoms. The van der Waals surface area contributed by atoms with Crippen LogP contribution in [-0.4, -0.2) is 27.5 Å². The van der Waals surface area contributed by atoms with E-state index in [2.05, 4.69) is 26.2 Å². The van der Waals surface area contributed by atoms with E-state index in [1.807, 2.05) is 20.0 Å². The monoisotopic (exact) mass is 327 g/mol. The Balaban J connectivity index is 2.41. The first-order valence-electron chi connectivity index (χ1n) is 5.95. The number of carbonyl (C=O) groups is 1. The number of rotatable bonds is 4. The molecule has 0 amide bonds. The lowest BCUT2D eigenvalue weighted by Gasteiger charge is -1.97. The molecule has 6 nitrogen and oxygen atoms in total. The van der Waals surface area contributed by atoms with E-state index in [1.165, 1.54) is 0 Å². The number of nitrogens with zero attached hydrogens (tertiary/aromatic N) is 3. The van der Waals surface area contributed by atoms with Gasteiger partial charge in [-0.15, -0.1) is 0 Å². The first-order valence-corrected chi connectivity index (χ1v) is 6.74. The maximum atomic E-state index is 11.7. The topological polar surface area (TPSA) is 70.2 Å².